The lowest BCUT2D eigenvalue weighted by Crippen LogP contribution is -2.49. The van der Waals surface area contributed by atoms with Crippen LogP contribution in [-0.4, -0.2) is 74.3 Å². The van der Waals surface area contributed by atoms with Crippen molar-refractivity contribution in [2.24, 2.45) is 0 Å². The summed E-state index contributed by atoms with van der Waals surface area (Å²) in [5.74, 6) is 2.99. The lowest BCUT2D eigenvalue weighted by molar-refractivity contribution is 0.0631. The monoisotopic (exact) mass is 546 g/mol. The molecule has 1 fully saturated rings. The summed E-state index contributed by atoms with van der Waals surface area (Å²) in [7, 11) is 0. The second-order valence-electron chi connectivity index (χ2n) is 9.48. The number of halogens is 3. The molecule has 1 saturated heterocycles. The highest BCUT2D eigenvalue weighted by molar-refractivity contribution is 6.30. The van der Waals surface area contributed by atoms with Gasteiger partial charge in [0, 0.05) is 55.8 Å². The lowest BCUT2D eigenvalue weighted by atomic mass is 10.0. The number of ether oxygens (including phenoxy) is 4. The van der Waals surface area contributed by atoms with E-state index in [1.54, 1.807) is 6.07 Å². The fourth-order valence-corrected chi connectivity index (χ4v) is 4.99. The fraction of sp³-hybridized carbons (Fsp3) is 0.520. The maximum atomic E-state index is 10.6. The zero-order chi connectivity index (χ0) is 23.0. The summed E-state index contributed by atoms with van der Waals surface area (Å²) in [6.07, 6.45) is 0.176. The summed E-state index contributed by atoms with van der Waals surface area (Å²) in [5.41, 5.74) is 1.84. The number of rotatable bonds is 6. The highest BCUT2D eigenvalue weighted by Crippen LogP contribution is 2.44. The molecule has 3 aliphatic rings. The van der Waals surface area contributed by atoms with Crippen LogP contribution in [0.5, 0.6) is 23.0 Å². The molecule has 3 heterocycles. The number of fused-ring (bicyclic) bond motifs is 2. The number of hydrogen-bond acceptors (Lipinski definition) is 7. The predicted molar refractivity (Wildman–Crippen MR) is 142 cm³/mol. The summed E-state index contributed by atoms with van der Waals surface area (Å²) in [5, 5.41) is 11.3. The standard InChI is InChI=1S/C25H31ClN2O5.2ClH/c1-25(2)14-17-12-18(26)13-22(23(17)33-25)32-16-19(29)15-27-6-8-28(9-7-27)20-4-3-5-21-24(20)31-11-10-30-21;;/h3-5,12-13,19,29H,6-11,14-16H2,1-2H3;2*1H. The average Bonchev–Trinajstić information content (AvgIpc) is 3.11. The third kappa shape index (κ3) is 6.33. The Balaban J connectivity index is 0.00000171. The van der Waals surface area contributed by atoms with Gasteiger partial charge in [-0.15, -0.1) is 24.8 Å². The van der Waals surface area contributed by atoms with Crippen molar-refractivity contribution < 1.29 is 24.1 Å². The molecule has 0 bridgehead atoms. The van der Waals surface area contributed by atoms with Gasteiger partial charge in [0.05, 0.1) is 5.69 Å². The predicted octanol–water partition coefficient (Wildman–Crippen LogP) is 4.23. The van der Waals surface area contributed by atoms with E-state index in [1.807, 2.05) is 32.0 Å². The average molecular weight is 548 g/mol. The molecule has 10 heteroatoms. The number of benzene rings is 2. The number of hydrogen-bond donors (Lipinski definition) is 1. The first-order chi connectivity index (χ1) is 15.9. The SMILES string of the molecule is CC1(C)Cc2cc(Cl)cc(OCC(O)CN3CCN(c4cccc5c4OCCO5)CC3)c2O1.Cl.Cl. The number of β-amino-alcohol motifs (C(OH)–C–C–N with tert-alkyl or cyclic N) is 1. The van der Waals surface area contributed by atoms with Crippen molar-refractivity contribution in [2.45, 2.75) is 32.0 Å². The molecule has 1 N–H and O–H groups in total. The minimum atomic E-state index is -0.609. The zero-order valence-corrected chi connectivity index (χ0v) is 22.4. The van der Waals surface area contributed by atoms with Crippen LogP contribution in [0.3, 0.4) is 0 Å². The van der Waals surface area contributed by atoms with Crippen LogP contribution in [0, 0.1) is 0 Å². The molecule has 3 aliphatic heterocycles. The number of anilines is 1. The summed E-state index contributed by atoms with van der Waals surface area (Å²) < 4.78 is 23.6. The first kappa shape index (κ1) is 27.8. The van der Waals surface area contributed by atoms with Crippen molar-refractivity contribution in [1.29, 1.82) is 0 Å². The van der Waals surface area contributed by atoms with Crippen LogP contribution in [0.2, 0.25) is 5.02 Å². The minimum Gasteiger partial charge on any atom is -0.487 e. The molecule has 35 heavy (non-hydrogen) atoms. The molecule has 5 rings (SSSR count). The van der Waals surface area contributed by atoms with E-state index in [0.717, 1.165) is 61.1 Å². The number of nitrogens with zero attached hydrogens (tertiary/aromatic N) is 2. The van der Waals surface area contributed by atoms with Crippen LogP contribution in [0.1, 0.15) is 19.4 Å². The van der Waals surface area contributed by atoms with E-state index in [4.69, 9.17) is 30.5 Å². The lowest BCUT2D eigenvalue weighted by Gasteiger charge is -2.38. The van der Waals surface area contributed by atoms with Crippen LogP contribution >= 0.6 is 36.4 Å². The number of aliphatic hydroxyl groups is 1. The molecule has 2 aromatic rings. The van der Waals surface area contributed by atoms with Crippen LogP contribution < -0.4 is 23.8 Å². The summed E-state index contributed by atoms with van der Waals surface area (Å²) in [6, 6.07) is 9.73. The zero-order valence-electron chi connectivity index (χ0n) is 20.0. The van der Waals surface area contributed by atoms with Gasteiger partial charge in [-0.1, -0.05) is 17.7 Å². The van der Waals surface area contributed by atoms with Gasteiger partial charge >= 0.3 is 0 Å². The van der Waals surface area contributed by atoms with E-state index in [9.17, 15) is 5.11 Å². The largest absolute Gasteiger partial charge is 0.487 e. The van der Waals surface area contributed by atoms with Gasteiger partial charge in [-0.2, -0.15) is 0 Å². The van der Waals surface area contributed by atoms with Gasteiger partial charge in [0.25, 0.3) is 0 Å². The third-order valence-electron chi connectivity index (χ3n) is 6.25. The molecule has 2 aromatic carbocycles. The Bertz CT molecular complexity index is 1010. The summed E-state index contributed by atoms with van der Waals surface area (Å²) >= 11 is 6.27. The second-order valence-corrected chi connectivity index (χ2v) is 9.92. The minimum absolute atomic E-state index is 0. The highest BCUT2D eigenvalue weighted by Gasteiger charge is 2.33. The van der Waals surface area contributed by atoms with Gasteiger partial charge in [-0.3, -0.25) is 4.90 Å². The van der Waals surface area contributed by atoms with Crippen LogP contribution in [0.25, 0.3) is 0 Å². The van der Waals surface area contributed by atoms with Crippen LogP contribution in [-0.2, 0) is 6.42 Å². The van der Waals surface area contributed by atoms with Crippen molar-refractivity contribution in [3.63, 3.8) is 0 Å². The van der Waals surface area contributed by atoms with Crippen molar-refractivity contribution in [3.8, 4) is 23.0 Å². The van der Waals surface area contributed by atoms with Crippen LogP contribution in [0.4, 0.5) is 5.69 Å². The maximum Gasteiger partial charge on any atom is 0.184 e. The molecule has 0 aromatic heterocycles. The van der Waals surface area contributed by atoms with E-state index in [0.29, 0.717) is 30.5 Å². The van der Waals surface area contributed by atoms with Gasteiger partial charge in [-0.05, 0) is 32.0 Å². The van der Waals surface area contributed by atoms with Crippen molar-refractivity contribution in [2.75, 3.05) is 57.4 Å². The van der Waals surface area contributed by atoms with Gasteiger partial charge < -0.3 is 29.0 Å². The first-order valence-corrected chi connectivity index (χ1v) is 11.9. The molecule has 1 atom stereocenters. The van der Waals surface area contributed by atoms with Crippen molar-refractivity contribution in [1.82, 2.24) is 4.90 Å². The van der Waals surface area contributed by atoms with Gasteiger partial charge in [0.2, 0.25) is 0 Å². The molecular formula is C25H33Cl3N2O5. The maximum absolute atomic E-state index is 10.6. The Kier molecular flexibility index (Phi) is 9.16. The van der Waals surface area contributed by atoms with E-state index in [1.165, 1.54) is 0 Å². The van der Waals surface area contributed by atoms with Gasteiger partial charge in [-0.25, -0.2) is 0 Å². The Morgan fingerprint density at radius 3 is 2.57 bits per heavy atom. The fourth-order valence-electron chi connectivity index (χ4n) is 4.76. The van der Waals surface area contributed by atoms with Crippen molar-refractivity contribution >= 4 is 42.1 Å². The third-order valence-corrected chi connectivity index (χ3v) is 6.47. The number of piperazine rings is 1. The molecule has 0 saturated carbocycles. The molecule has 194 valence electrons. The quantitative estimate of drug-likeness (QED) is 0.581. The Hall–Kier alpha value is -1.77. The Labute approximate surface area is 224 Å². The highest BCUT2D eigenvalue weighted by atomic mass is 35.5. The van der Waals surface area contributed by atoms with Gasteiger partial charge in [0.1, 0.15) is 31.5 Å². The molecular weight excluding hydrogens is 515 g/mol. The molecule has 0 spiro atoms. The van der Waals surface area contributed by atoms with Crippen LogP contribution in [0.15, 0.2) is 30.3 Å². The summed E-state index contributed by atoms with van der Waals surface area (Å²) in [4.78, 5) is 4.58. The van der Waals surface area contributed by atoms with Crippen molar-refractivity contribution in [3.05, 3.63) is 40.9 Å². The van der Waals surface area contributed by atoms with E-state index in [2.05, 4.69) is 15.9 Å². The van der Waals surface area contributed by atoms with E-state index >= 15 is 0 Å². The molecule has 0 radical (unpaired) electrons. The van der Waals surface area contributed by atoms with Gasteiger partial charge in [0.15, 0.2) is 23.0 Å². The molecule has 0 amide bonds. The summed E-state index contributed by atoms with van der Waals surface area (Å²) in [6.45, 7) is 9.42. The van der Waals surface area contributed by atoms with E-state index in [-0.39, 0.29) is 37.0 Å². The Morgan fingerprint density at radius 2 is 1.80 bits per heavy atom. The number of aliphatic hydroxyl groups excluding tert-OH is 1. The second kappa shape index (κ2) is 11.5. The molecule has 1 unspecified atom stereocenters. The topological polar surface area (TPSA) is 63.6 Å². The smallest absolute Gasteiger partial charge is 0.184 e. The number of para-hydroxylation sites is 1. The normalized spacial score (nSPS) is 19.0. The van der Waals surface area contributed by atoms with E-state index < -0.39 is 6.10 Å². The Morgan fingerprint density at radius 1 is 1.06 bits per heavy atom. The molecule has 0 aliphatic carbocycles. The molecule has 7 nitrogen and oxygen atoms in total. The first-order valence-electron chi connectivity index (χ1n) is 11.6.